The van der Waals surface area contributed by atoms with Crippen LogP contribution in [0.2, 0.25) is 0 Å². The predicted octanol–water partition coefficient (Wildman–Crippen LogP) is 0.547. The lowest BCUT2D eigenvalue weighted by Crippen LogP contribution is -2.42. The van der Waals surface area contributed by atoms with Gasteiger partial charge in [0, 0.05) is 12.6 Å². The van der Waals surface area contributed by atoms with Crippen molar-refractivity contribution >= 4 is 5.91 Å². The van der Waals surface area contributed by atoms with E-state index in [-0.39, 0.29) is 18.1 Å². The van der Waals surface area contributed by atoms with E-state index in [0.29, 0.717) is 0 Å². The molecule has 10 heavy (non-hydrogen) atoms. The summed E-state index contributed by atoms with van der Waals surface area (Å²) in [5, 5.41) is 2.76. The summed E-state index contributed by atoms with van der Waals surface area (Å²) in [6, 6.07) is 0. The maximum atomic E-state index is 10.8. The van der Waals surface area contributed by atoms with Crippen molar-refractivity contribution in [3.63, 3.8) is 0 Å². The molecule has 0 spiro atoms. The average molecular weight is 145 g/mol. The number of ether oxygens (including phenoxy) is 1. The maximum absolute atomic E-state index is 10.8. The van der Waals surface area contributed by atoms with Crippen LogP contribution in [0.4, 0.5) is 0 Å². The van der Waals surface area contributed by atoms with Crippen LogP contribution in [-0.2, 0) is 9.53 Å². The van der Waals surface area contributed by atoms with Crippen molar-refractivity contribution in [1.82, 2.24) is 5.32 Å². The fourth-order valence-electron chi connectivity index (χ4n) is 0.585. The summed E-state index contributed by atoms with van der Waals surface area (Å²) < 4.78 is 4.64. The van der Waals surface area contributed by atoms with Crippen molar-refractivity contribution < 1.29 is 9.53 Å². The van der Waals surface area contributed by atoms with E-state index in [1.165, 1.54) is 7.11 Å². The van der Waals surface area contributed by atoms with Crippen molar-refractivity contribution in [2.45, 2.75) is 26.3 Å². The van der Waals surface area contributed by atoms with Gasteiger partial charge in [-0.3, -0.25) is 4.79 Å². The minimum absolute atomic E-state index is 0.0741. The molecule has 60 valence electrons. The average Bonchev–Trinajstić information content (AvgIpc) is 1.59. The lowest BCUT2D eigenvalue weighted by Gasteiger charge is -2.19. The Bertz CT molecular complexity index is 115. The number of rotatable bonds is 2. The van der Waals surface area contributed by atoms with Gasteiger partial charge in [-0.25, -0.2) is 0 Å². The number of carbonyl (C=O) groups is 1. The summed E-state index contributed by atoms with van der Waals surface area (Å²) in [6.07, 6.45) is 0. The largest absolute Gasteiger partial charge is 0.375 e. The van der Waals surface area contributed by atoms with Crippen LogP contribution in [0.25, 0.3) is 0 Å². The number of hydrogen-bond acceptors (Lipinski definition) is 2. The number of carbonyl (C=O) groups excluding carboxylic acids is 1. The van der Waals surface area contributed by atoms with Gasteiger partial charge in [-0.1, -0.05) is 0 Å². The molecule has 0 bridgehead atoms. The van der Waals surface area contributed by atoms with E-state index in [0.717, 1.165) is 0 Å². The molecule has 3 heteroatoms. The highest BCUT2D eigenvalue weighted by molar-refractivity contribution is 5.77. The second-order valence-electron chi connectivity index (χ2n) is 3.23. The van der Waals surface area contributed by atoms with Gasteiger partial charge in [-0.2, -0.15) is 0 Å². The Morgan fingerprint density at radius 3 is 2.30 bits per heavy atom. The van der Waals surface area contributed by atoms with E-state index < -0.39 is 0 Å². The number of nitrogens with one attached hydrogen (secondary N) is 1. The van der Waals surface area contributed by atoms with Crippen molar-refractivity contribution in [2.24, 2.45) is 0 Å². The molecule has 0 atom stereocenters. The number of amides is 1. The molecule has 0 saturated heterocycles. The highest BCUT2D eigenvalue weighted by atomic mass is 16.5. The Hall–Kier alpha value is -0.570. The van der Waals surface area contributed by atoms with Crippen molar-refractivity contribution in [3.05, 3.63) is 0 Å². The summed E-state index contributed by atoms with van der Waals surface area (Å²) in [7, 11) is 1.50. The Labute approximate surface area is 61.8 Å². The molecule has 0 heterocycles. The van der Waals surface area contributed by atoms with Crippen LogP contribution >= 0.6 is 0 Å². The fraction of sp³-hybridized carbons (Fsp3) is 0.857. The lowest BCUT2D eigenvalue weighted by molar-refractivity contribution is -0.126. The number of hydrogen-bond donors (Lipinski definition) is 1. The standard InChI is InChI=1S/C7H15NO2/c1-7(2,3)8-6(9)5-10-4/h5H2,1-4H3,(H,8,9). The normalized spacial score (nSPS) is 11.2. The summed E-state index contributed by atoms with van der Waals surface area (Å²) in [5.74, 6) is -0.0741. The summed E-state index contributed by atoms with van der Waals surface area (Å²) >= 11 is 0. The SMILES string of the molecule is COCC(=O)NC(C)(C)C. The van der Waals surface area contributed by atoms with E-state index in [4.69, 9.17) is 0 Å². The molecule has 0 unspecified atom stereocenters. The van der Waals surface area contributed by atoms with Crippen molar-refractivity contribution in [1.29, 1.82) is 0 Å². The molecule has 1 amide bonds. The molecule has 0 aromatic carbocycles. The molecule has 0 rings (SSSR count). The van der Waals surface area contributed by atoms with Gasteiger partial charge in [0.2, 0.25) is 5.91 Å². The minimum Gasteiger partial charge on any atom is -0.375 e. The zero-order valence-corrected chi connectivity index (χ0v) is 7.02. The smallest absolute Gasteiger partial charge is 0.246 e. The van der Waals surface area contributed by atoms with Gasteiger partial charge >= 0.3 is 0 Å². The quantitative estimate of drug-likeness (QED) is 0.616. The van der Waals surface area contributed by atoms with Gasteiger partial charge in [0.1, 0.15) is 6.61 Å². The van der Waals surface area contributed by atoms with Crippen molar-refractivity contribution in [2.75, 3.05) is 13.7 Å². The molecule has 0 aliphatic carbocycles. The molecule has 0 fully saturated rings. The third-order valence-corrected chi connectivity index (χ3v) is 0.790. The van der Waals surface area contributed by atoms with Gasteiger partial charge in [-0.15, -0.1) is 0 Å². The monoisotopic (exact) mass is 145 g/mol. The van der Waals surface area contributed by atoms with Crippen molar-refractivity contribution in [3.8, 4) is 0 Å². The molecule has 1 N–H and O–H groups in total. The highest BCUT2D eigenvalue weighted by Crippen LogP contribution is 1.97. The lowest BCUT2D eigenvalue weighted by atomic mass is 10.1. The zero-order valence-electron chi connectivity index (χ0n) is 7.02. The molecule has 3 nitrogen and oxygen atoms in total. The van der Waals surface area contributed by atoms with E-state index in [9.17, 15) is 4.79 Å². The third kappa shape index (κ3) is 5.56. The van der Waals surface area contributed by atoms with Crippen LogP contribution in [0.1, 0.15) is 20.8 Å². The topological polar surface area (TPSA) is 38.3 Å². The molecular weight excluding hydrogens is 130 g/mol. The Kier molecular flexibility index (Phi) is 3.36. The minimum atomic E-state index is -0.157. The number of methoxy groups -OCH3 is 1. The second-order valence-corrected chi connectivity index (χ2v) is 3.23. The Balaban J connectivity index is 3.58. The van der Waals surface area contributed by atoms with E-state index in [2.05, 4.69) is 10.1 Å². The molecule has 0 saturated carbocycles. The maximum Gasteiger partial charge on any atom is 0.246 e. The first-order valence-corrected chi connectivity index (χ1v) is 3.25. The van der Waals surface area contributed by atoms with Gasteiger partial charge in [-0.05, 0) is 20.8 Å². The Morgan fingerprint density at radius 1 is 1.50 bits per heavy atom. The summed E-state index contributed by atoms with van der Waals surface area (Å²) in [6.45, 7) is 5.93. The first kappa shape index (κ1) is 9.43. The van der Waals surface area contributed by atoms with Gasteiger partial charge in [0.05, 0.1) is 0 Å². The predicted molar refractivity (Wildman–Crippen MR) is 39.8 cm³/mol. The van der Waals surface area contributed by atoms with Crippen LogP contribution in [-0.4, -0.2) is 25.2 Å². The van der Waals surface area contributed by atoms with E-state index >= 15 is 0 Å². The van der Waals surface area contributed by atoms with Crippen LogP contribution in [0.5, 0.6) is 0 Å². The van der Waals surface area contributed by atoms with E-state index in [1.807, 2.05) is 20.8 Å². The molecule has 0 aromatic heterocycles. The summed E-state index contributed by atoms with van der Waals surface area (Å²) in [5.41, 5.74) is -0.157. The van der Waals surface area contributed by atoms with Crippen LogP contribution in [0.3, 0.4) is 0 Å². The van der Waals surface area contributed by atoms with Gasteiger partial charge < -0.3 is 10.1 Å². The Morgan fingerprint density at radius 2 is 2.00 bits per heavy atom. The second kappa shape index (κ2) is 3.56. The molecule has 0 aliphatic heterocycles. The first-order valence-electron chi connectivity index (χ1n) is 3.25. The van der Waals surface area contributed by atoms with Gasteiger partial charge in [0.15, 0.2) is 0 Å². The molecule has 0 aromatic rings. The zero-order chi connectivity index (χ0) is 8.20. The van der Waals surface area contributed by atoms with E-state index in [1.54, 1.807) is 0 Å². The molecule has 0 aliphatic rings. The third-order valence-electron chi connectivity index (χ3n) is 0.790. The first-order chi connectivity index (χ1) is 4.45. The fourth-order valence-corrected chi connectivity index (χ4v) is 0.585. The highest BCUT2D eigenvalue weighted by Gasteiger charge is 2.12. The van der Waals surface area contributed by atoms with Gasteiger partial charge in [0.25, 0.3) is 0 Å². The molecular formula is C7H15NO2. The van der Waals surface area contributed by atoms with Crippen LogP contribution < -0.4 is 5.32 Å². The molecule has 0 radical (unpaired) electrons. The van der Waals surface area contributed by atoms with Crippen LogP contribution in [0.15, 0.2) is 0 Å². The van der Waals surface area contributed by atoms with Crippen LogP contribution in [0, 0.1) is 0 Å². The summed E-state index contributed by atoms with van der Waals surface area (Å²) in [4.78, 5) is 10.8.